The van der Waals surface area contributed by atoms with Crippen LogP contribution in [0.15, 0.2) is 0 Å². The largest absolute Gasteiger partial charge is 0.317 e. The lowest BCUT2D eigenvalue weighted by molar-refractivity contribution is 0.341. The van der Waals surface area contributed by atoms with Crippen LogP contribution in [0.3, 0.4) is 0 Å². The van der Waals surface area contributed by atoms with Gasteiger partial charge in [0.15, 0.2) is 0 Å². The minimum absolute atomic E-state index is 0.716. The molecule has 0 aliphatic carbocycles. The van der Waals surface area contributed by atoms with Gasteiger partial charge in [-0.2, -0.15) is 0 Å². The Balaban J connectivity index is 1.90. The molecule has 2 N–H and O–H groups in total. The first kappa shape index (κ1) is 14.0. The van der Waals surface area contributed by atoms with Gasteiger partial charge in [-0.3, -0.25) is 0 Å². The second kappa shape index (κ2) is 9.00. The van der Waals surface area contributed by atoms with E-state index < -0.39 is 0 Å². The molecule has 0 saturated carbocycles. The summed E-state index contributed by atoms with van der Waals surface area (Å²) >= 11 is 0. The third-order valence-electron chi connectivity index (χ3n) is 3.73. The van der Waals surface area contributed by atoms with Crippen LogP contribution in [0.2, 0.25) is 0 Å². The predicted octanol–water partition coefficient (Wildman–Crippen LogP) is 2.93. The van der Waals surface area contributed by atoms with E-state index in [0.29, 0.717) is 6.04 Å². The first-order valence-corrected chi connectivity index (χ1v) is 7.27. The fourth-order valence-electron chi connectivity index (χ4n) is 2.52. The van der Waals surface area contributed by atoms with Crippen molar-refractivity contribution < 1.29 is 0 Å². The highest BCUT2D eigenvalue weighted by Crippen LogP contribution is 2.17. The second-order valence-electron chi connectivity index (χ2n) is 5.33. The van der Waals surface area contributed by atoms with E-state index in [0.717, 1.165) is 5.92 Å². The smallest absolute Gasteiger partial charge is 0.00387 e. The Morgan fingerprint density at radius 2 is 2.00 bits per heavy atom. The molecule has 1 aliphatic heterocycles. The summed E-state index contributed by atoms with van der Waals surface area (Å²) in [6.45, 7) is 8.29. The monoisotopic (exact) mass is 226 g/mol. The third-order valence-corrected chi connectivity index (χ3v) is 3.73. The molecule has 0 aromatic carbocycles. The van der Waals surface area contributed by atoms with Crippen molar-refractivity contribution in [1.82, 2.24) is 10.6 Å². The number of unbranched alkanes of at least 4 members (excludes halogenated alkanes) is 1. The van der Waals surface area contributed by atoms with Gasteiger partial charge in [-0.25, -0.2) is 0 Å². The molecule has 1 saturated heterocycles. The van der Waals surface area contributed by atoms with E-state index in [1.54, 1.807) is 0 Å². The number of rotatable bonds is 8. The molecule has 2 heteroatoms. The van der Waals surface area contributed by atoms with Crippen LogP contribution in [0.1, 0.15) is 58.8 Å². The summed E-state index contributed by atoms with van der Waals surface area (Å²) in [6, 6.07) is 0.716. The lowest BCUT2D eigenvalue weighted by Crippen LogP contribution is -2.29. The minimum atomic E-state index is 0.716. The number of hydrogen-bond acceptors (Lipinski definition) is 2. The maximum atomic E-state index is 3.64. The summed E-state index contributed by atoms with van der Waals surface area (Å²) in [5.41, 5.74) is 0. The molecule has 1 aliphatic rings. The van der Waals surface area contributed by atoms with Crippen molar-refractivity contribution in [1.29, 1.82) is 0 Å². The Bertz CT molecular complexity index is 153. The average molecular weight is 226 g/mol. The van der Waals surface area contributed by atoms with E-state index in [1.165, 1.54) is 64.6 Å². The molecule has 1 fully saturated rings. The topological polar surface area (TPSA) is 24.1 Å². The molecule has 16 heavy (non-hydrogen) atoms. The Hall–Kier alpha value is -0.0800. The van der Waals surface area contributed by atoms with Crippen molar-refractivity contribution in [3.05, 3.63) is 0 Å². The van der Waals surface area contributed by atoms with Gasteiger partial charge in [-0.05, 0) is 64.6 Å². The highest BCUT2D eigenvalue weighted by atomic mass is 14.9. The van der Waals surface area contributed by atoms with Gasteiger partial charge < -0.3 is 10.6 Å². The maximum Gasteiger partial charge on any atom is 0.00387 e. The van der Waals surface area contributed by atoms with Crippen molar-refractivity contribution in [3.63, 3.8) is 0 Å². The summed E-state index contributed by atoms with van der Waals surface area (Å²) in [4.78, 5) is 0. The molecule has 0 aromatic heterocycles. The fraction of sp³-hybridized carbons (Fsp3) is 1.00. The molecule has 2 nitrogen and oxygen atoms in total. The van der Waals surface area contributed by atoms with Gasteiger partial charge in [0.1, 0.15) is 0 Å². The van der Waals surface area contributed by atoms with Gasteiger partial charge in [-0.15, -0.1) is 0 Å². The molecule has 1 atom stereocenters. The number of nitrogens with one attached hydrogen (secondary N) is 2. The molecule has 1 rings (SSSR count). The molecular weight excluding hydrogens is 196 g/mol. The second-order valence-corrected chi connectivity index (χ2v) is 5.33. The predicted molar refractivity (Wildman–Crippen MR) is 71.8 cm³/mol. The molecule has 96 valence electrons. The number of hydrogen-bond donors (Lipinski definition) is 2. The van der Waals surface area contributed by atoms with Gasteiger partial charge in [0.05, 0.1) is 0 Å². The van der Waals surface area contributed by atoms with Crippen LogP contribution in [0.25, 0.3) is 0 Å². The fourth-order valence-corrected chi connectivity index (χ4v) is 2.52. The van der Waals surface area contributed by atoms with Gasteiger partial charge >= 0.3 is 0 Å². The van der Waals surface area contributed by atoms with Crippen LogP contribution >= 0.6 is 0 Å². The summed E-state index contributed by atoms with van der Waals surface area (Å²) in [6.07, 6.45) is 9.60. The Kier molecular flexibility index (Phi) is 7.87. The van der Waals surface area contributed by atoms with E-state index in [-0.39, 0.29) is 0 Å². The van der Waals surface area contributed by atoms with Crippen molar-refractivity contribution in [2.24, 2.45) is 5.92 Å². The van der Waals surface area contributed by atoms with E-state index >= 15 is 0 Å². The molecule has 0 bridgehead atoms. The summed E-state index contributed by atoms with van der Waals surface area (Å²) < 4.78 is 0. The molecule has 1 heterocycles. The Morgan fingerprint density at radius 1 is 1.25 bits per heavy atom. The maximum absolute atomic E-state index is 3.64. The molecule has 0 radical (unpaired) electrons. The van der Waals surface area contributed by atoms with Crippen molar-refractivity contribution in [2.45, 2.75) is 64.8 Å². The third kappa shape index (κ3) is 6.49. The average Bonchev–Trinajstić information content (AvgIpc) is 2.33. The lowest BCUT2D eigenvalue weighted by Gasteiger charge is -2.22. The molecule has 0 aromatic rings. The first-order chi connectivity index (χ1) is 7.83. The van der Waals surface area contributed by atoms with Gasteiger partial charge in [0, 0.05) is 6.04 Å². The first-order valence-electron chi connectivity index (χ1n) is 7.27. The zero-order valence-corrected chi connectivity index (χ0v) is 11.2. The van der Waals surface area contributed by atoms with E-state index in [9.17, 15) is 0 Å². The van der Waals surface area contributed by atoms with Crippen molar-refractivity contribution in [3.8, 4) is 0 Å². The highest BCUT2D eigenvalue weighted by molar-refractivity contribution is 4.69. The number of piperidine rings is 1. The van der Waals surface area contributed by atoms with Crippen molar-refractivity contribution in [2.75, 3.05) is 19.6 Å². The summed E-state index contributed by atoms with van der Waals surface area (Å²) in [7, 11) is 0. The molecule has 0 amide bonds. The lowest BCUT2D eigenvalue weighted by atomic mass is 9.93. The van der Waals surface area contributed by atoms with E-state index in [1.807, 2.05) is 0 Å². The normalized spacial score (nSPS) is 19.9. The van der Waals surface area contributed by atoms with Crippen molar-refractivity contribution >= 4 is 0 Å². The zero-order valence-electron chi connectivity index (χ0n) is 11.2. The van der Waals surface area contributed by atoms with E-state index in [2.05, 4.69) is 24.5 Å². The van der Waals surface area contributed by atoms with Gasteiger partial charge in [0.25, 0.3) is 0 Å². The van der Waals surface area contributed by atoms with Crippen LogP contribution in [-0.4, -0.2) is 25.7 Å². The van der Waals surface area contributed by atoms with Gasteiger partial charge in [-0.1, -0.05) is 19.8 Å². The molecule has 1 unspecified atom stereocenters. The van der Waals surface area contributed by atoms with Crippen LogP contribution in [0, 0.1) is 5.92 Å². The minimum Gasteiger partial charge on any atom is -0.317 e. The summed E-state index contributed by atoms with van der Waals surface area (Å²) in [5, 5.41) is 7.07. The zero-order chi connectivity index (χ0) is 11.6. The standard InChI is InChI=1S/C14H30N2/c1-3-4-6-13(2)16-10-5-7-14-8-11-15-12-9-14/h13-16H,3-12H2,1-2H3. The quantitative estimate of drug-likeness (QED) is 0.622. The molecular formula is C14H30N2. The van der Waals surface area contributed by atoms with Gasteiger partial charge in [0.2, 0.25) is 0 Å². The SMILES string of the molecule is CCCCC(C)NCCCC1CCNCC1. The van der Waals surface area contributed by atoms with Crippen LogP contribution in [0.5, 0.6) is 0 Å². The van der Waals surface area contributed by atoms with Crippen LogP contribution in [-0.2, 0) is 0 Å². The highest BCUT2D eigenvalue weighted by Gasteiger charge is 2.12. The van der Waals surface area contributed by atoms with Crippen LogP contribution in [0.4, 0.5) is 0 Å². The van der Waals surface area contributed by atoms with E-state index in [4.69, 9.17) is 0 Å². The summed E-state index contributed by atoms with van der Waals surface area (Å²) in [5.74, 6) is 0.994. The van der Waals surface area contributed by atoms with Crippen LogP contribution < -0.4 is 10.6 Å². The molecule has 0 spiro atoms. The Labute approximate surface area is 102 Å². The Morgan fingerprint density at radius 3 is 2.69 bits per heavy atom.